The topological polar surface area (TPSA) is 81.7 Å². The Morgan fingerprint density at radius 3 is 2.35 bits per heavy atom. The second-order valence-electron chi connectivity index (χ2n) is 9.64. The lowest BCUT2D eigenvalue weighted by Gasteiger charge is -2.26. The molecule has 2 heterocycles. The van der Waals surface area contributed by atoms with Gasteiger partial charge in [0, 0.05) is 24.2 Å². The number of rotatable bonds is 8. The van der Waals surface area contributed by atoms with E-state index in [2.05, 4.69) is 27.7 Å². The minimum absolute atomic E-state index is 0.0522. The Balaban J connectivity index is 1.46. The monoisotopic (exact) mass is 499 g/mol. The molecule has 0 spiro atoms. The van der Waals surface area contributed by atoms with Gasteiger partial charge in [-0.3, -0.25) is 14.5 Å². The maximum atomic E-state index is 13.8. The van der Waals surface area contributed by atoms with Crippen LogP contribution in [0.25, 0.3) is 11.3 Å². The Morgan fingerprint density at radius 2 is 1.65 bits per heavy atom. The van der Waals surface area contributed by atoms with Crippen molar-refractivity contribution in [3.05, 3.63) is 94.8 Å². The number of amides is 1. The van der Waals surface area contributed by atoms with Gasteiger partial charge in [0.2, 0.25) is 0 Å². The van der Waals surface area contributed by atoms with E-state index >= 15 is 0 Å². The number of nitrogens with zero attached hydrogens (tertiary/aromatic N) is 1. The van der Waals surface area contributed by atoms with Crippen LogP contribution >= 0.6 is 0 Å². The molecule has 7 heteroatoms. The number of likely N-dealkylation sites (tertiary alicyclic amines) is 1. The van der Waals surface area contributed by atoms with Gasteiger partial charge in [0.25, 0.3) is 5.91 Å². The van der Waals surface area contributed by atoms with Gasteiger partial charge in [-0.05, 0) is 79.4 Å². The predicted octanol–water partition coefficient (Wildman–Crippen LogP) is 5.76. The van der Waals surface area contributed by atoms with Crippen molar-refractivity contribution in [2.24, 2.45) is 0 Å². The number of carboxylic acid groups (broad SMARTS) is 1. The Morgan fingerprint density at radius 1 is 0.946 bits per heavy atom. The van der Waals surface area contributed by atoms with E-state index in [0.29, 0.717) is 28.9 Å². The Hall–Kier alpha value is -3.97. The molecule has 2 aliphatic heterocycles. The number of benzene rings is 3. The normalized spacial score (nSPS) is 16.7. The third-order valence-electron chi connectivity index (χ3n) is 6.92. The molecule has 2 aliphatic rings. The summed E-state index contributed by atoms with van der Waals surface area (Å²) in [6.45, 7) is 3.19. The van der Waals surface area contributed by atoms with Crippen molar-refractivity contribution in [3.63, 3.8) is 0 Å². The molecule has 0 saturated carbocycles. The highest BCUT2D eigenvalue weighted by Gasteiger charge is 2.29. The van der Waals surface area contributed by atoms with Crippen molar-refractivity contribution in [2.75, 3.05) is 23.7 Å². The molecule has 3 aromatic carbocycles. The summed E-state index contributed by atoms with van der Waals surface area (Å²) >= 11 is 0. The molecule has 0 bridgehead atoms. The highest BCUT2D eigenvalue weighted by Crippen LogP contribution is 2.38. The van der Waals surface area contributed by atoms with Gasteiger partial charge in [0.1, 0.15) is 5.82 Å². The van der Waals surface area contributed by atoms with Crippen molar-refractivity contribution in [1.82, 2.24) is 4.90 Å². The summed E-state index contributed by atoms with van der Waals surface area (Å²) in [6.07, 6.45) is 4.28. The van der Waals surface area contributed by atoms with Crippen molar-refractivity contribution >= 4 is 34.5 Å². The lowest BCUT2D eigenvalue weighted by molar-refractivity contribution is -0.137. The molecular formula is C30H30FN3O3. The quantitative estimate of drug-likeness (QED) is 0.343. The molecule has 1 saturated heterocycles. The van der Waals surface area contributed by atoms with E-state index in [-0.39, 0.29) is 12.3 Å². The van der Waals surface area contributed by atoms with E-state index in [1.54, 1.807) is 6.07 Å². The molecule has 0 atom stereocenters. The van der Waals surface area contributed by atoms with E-state index in [4.69, 9.17) is 5.11 Å². The highest BCUT2D eigenvalue weighted by atomic mass is 19.1. The van der Waals surface area contributed by atoms with Crippen LogP contribution in [0.5, 0.6) is 0 Å². The van der Waals surface area contributed by atoms with Gasteiger partial charge < -0.3 is 15.7 Å². The molecule has 37 heavy (non-hydrogen) atoms. The van der Waals surface area contributed by atoms with Crippen LogP contribution < -0.4 is 10.6 Å². The van der Waals surface area contributed by atoms with Crippen molar-refractivity contribution in [2.45, 2.75) is 38.6 Å². The molecule has 0 aliphatic carbocycles. The van der Waals surface area contributed by atoms with Crippen molar-refractivity contribution in [1.29, 1.82) is 0 Å². The van der Waals surface area contributed by atoms with Gasteiger partial charge in [-0.25, -0.2) is 4.39 Å². The first-order chi connectivity index (χ1) is 18.0. The smallest absolute Gasteiger partial charge is 0.303 e. The number of fused-ring (bicyclic) bond motifs is 1. The Bertz CT molecular complexity index is 1330. The van der Waals surface area contributed by atoms with Crippen molar-refractivity contribution in [3.8, 4) is 0 Å². The highest BCUT2D eigenvalue weighted by molar-refractivity contribution is 6.37. The molecule has 1 amide bonds. The average Bonchev–Trinajstić information content (AvgIpc) is 3.22. The standard InChI is InChI=1S/C30H30FN3O3/c31-23-11-14-25-26(18-23)33-30(37)28(25)29(22-9-4-20(5-10-22)8-15-27(35)36)32-24-12-6-21(7-13-24)19-34-16-2-1-3-17-34/h4-7,9-14,18,32H,1-3,8,15-17,19H2,(H,33,37)(H,35,36)/b29-28-. The zero-order chi connectivity index (χ0) is 25.8. The van der Waals surface area contributed by atoms with Crippen LogP contribution in [0.15, 0.2) is 66.7 Å². The van der Waals surface area contributed by atoms with E-state index in [1.807, 2.05) is 36.4 Å². The molecule has 0 aromatic heterocycles. The van der Waals surface area contributed by atoms with Gasteiger partial charge in [-0.2, -0.15) is 0 Å². The van der Waals surface area contributed by atoms with E-state index in [1.165, 1.54) is 37.0 Å². The number of carbonyl (C=O) groups is 2. The second-order valence-corrected chi connectivity index (χ2v) is 9.64. The first-order valence-corrected chi connectivity index (χ1v) is 12.7. The lowest BCUT2D eigenvalue weighted by Crippen LogP contribution is -2.29. The van der Waals surface area contributed by atoms with Gasteiger partial charge >= 0.3 is 5.97 Å². The van der Waals surface area contributed by atoms with E-state index < -0.39 is 11.8 Å². The van der Waals surface area contributed by atoms with Crippen LogP contribution in [0.4, 0.5) is 15.8 Å². The summed E-state index contributed by atoms with van der Waals surface area (Å²) in [5.74, 6) is -1.56. The summed E-state index contributed by atoms with van der Waals surface area (Å²) in [4.78, 5) is 26.5. The summed E-state index contributed by atoms with van der Waals surface area (Å²) in [5.41, 5.74) is 5.86. The van der Waals surface area contributed by atoms with Gasteiger partial charge in [-0.15, -0.1) is 0 Å². The fourth-order valence-corrected chi connectivity index (χ4v) is 4.98. The number of carbonyl (C=O) groups excluding carboxylic acids is 1. The minimum atomic E-state index is -0.844. The van der Waals surface area contributed by atoms with Crippen molar-refractivity contribution < 1.29 is 19.1 Å². The molecule has 1 fully saturated rings. The fraction of sp³-hybridized carbons (Fsp3) is 0.267. The third kappa shape index (κ3) is 5.89. The number of aryl methyl sites for hydroxylation is 1. The molecule has 5 rings (SSSR count). The number of halogens is 1. The number of carboxylic acids is 1. The molecule has 0 radical (unpaired) electrons. The van der Waals surface area contributed by atoms with Crippen LogP contribution in [-0.2, 0) is 22.6 Å². The maximum Gasteiger partial charge on any atom is 0.303 e. The number of aliphatic carboxylic acids is 1. The number of hydrogen-bond acceptors (Lipinski definition) is 4. The Labute approximate surface area is 215 Å². The first-order valence-electron chi connectivity index (χ1n) is 12.7. The summed E-state index contributed by atoms with van der Waals surface area (Å²) in [7, 11) is 0. The van der Waals surface area contributed by atoms with Gasteiger partial charge in [-0.1, -0.05) is 42.8 Å². The SMILES string of the molecule is O=C(O)CCc1ccc(/C(Nc2ccc(CN3CCCCC3)cc2)=C2/C(=O)Nc3cc(F)ccc32)cc1. The fourth-order valence-electron chi connectivity index (χ4n) is 4.98. The lowest BCUT2D eigenvalue weighted by atomic mass is 9.98. The molecule has 3 N–H and O–H groups in total. The zero-order valence-electron chi connectivity index (χ0n) is 20.6. The number of hydrogen-bond donors (Lipinski definition) is 3. The van der Waals surface area contributed by atoms with Crippen LogP contribution in [0.1, 0.15) is 47.9 Å². The summed E-state index contributed by atoms with van der Waals surface area (Å²) in [5, 5.41) is 15.2. The zero-order valence-corrected chi connectivity index (χ0v) is 20.6. The average molecular weight is 500 g/mol. The molecule has 190 valence electrons. The van der Waals surface area contributed by atoms with E-state index in [0.717, 1.165) is 36.4 Å². The van der Waals surface area contributed by atoms with Gasteiger partial charge in [0.05, 0.1) is 17.0 Å². The molecule has 6 nitrogen and oxygen atoms in total. The van der Waals surface area contributed by atoms with Crippen LogP contribution in [0, 0.1) is 5.82 Å². The summed E-state index contributed by atoms with van der Waals surface area (Å²) in [6, 6.07) is 20.0. The number of piperidine rings is 1. The predicted molar refractivity (Wildman–Crippen MR) is 143 cm³/mol. The molecular weight excluding hydrogens is 469 g/mol. The van der Waals surface area contributed by atoms with Crippen LogP contribution in [0.2, 0.25) is 0 Å². The molecule has 3 aromatic rings. The maximum absolute atomic E-state index is 13.8. The minimum Gasteiger partial charge on any atom is -0.481 e. The Kier molecular flexibility index (Phi) is 7.32. The third-order valence-corrected chi connectivity index (χ3v) is 6.92. The van der Waals surface area contributed by atoms with Crippen LogP contribution in [-0.4, -0.2) is 35.0 Å². The largest absolute Gasteiger partial charge is 0.481 e. The van der Waals surface area contributed by atoms with Crippen LogP contribution in [0.3, 0.4) is 0 Å². The number of nitrogens with one attached hydrogen (secondary N) is 2. The molecule has 0 unspecified atom stereocenters. The van der Waals surface area contributed by atoms with Gasteiger partial charge in [0.15, 0.2) is 0 Å². The number of anilines is 2. The second kappa shape index (κ2) is 11.0. The summed E-state index contributed by atoms with van der Waals surface area (Å²) < 4.78 is 13.8. The van der Waals surface area contributed by atoms with E-state index in [9.17, 15) is 14.0 Å². The first kappa shape index (κ1) is 24.7.